The number of likely N-dealkylation sites (tertiary alicyclic amines) is 1. The molecule has 1 aliphatic heterocycles. The minimum atomic E-state index is -0.262. The lowest BCUT2D eigenvalue weighted by atomic mass is 9.85. The third-order valence-electron chi connectivity index (χ3n) is 5.62. The maximum atomic E-state index is 12.3. The molecule has 1 aromatic carbocycles. The summed E-state index contributed by atoms with van der Waals surface area (Å²) in [5.41, 5.74) is 0.182. The van der Waals surface area contributed by atoms with E-state index >= 15 is 0 Å². The van der Waals surface area contributed by atoms with E-state index in [4.69, 9.17) is 4.52 Å². The fourth-order valence-electron chi connectivity index (χ4n) is 3.88. The van der Waals surface area contributed by atoms with Crippen molar-refractivity contribution in [3.63, 3.8) is 0 Å². The van der Waals surface area contributed by atoms with Crippen molar-refractivity contribution < 1.29 is 9.32 Å². The fourth-order valence-corrected chi connectivity index (χ4v) is 3.88. The third-order valence-corrected chi connectivity index (χ3v) is 5.62. The molecule has 2 aromatic heterocycles. The first-order valence-electron chi connectivity index (χ1n) is 9.28. The smallest absolute Gasteiger partial charge is 0.279 e. The quantitative estimate of drug-likeness (QED) is 0.759. The molecule has 1 atom stereocenters. The van der Waals surface area contributed by atoms with E-state index < -0.39 is 0 Å². The van der Waals surface area contributed by atoms with E-state index in [0.717, 1.165) is 6.54 Å². The predicted octanol–water partition coefficient (Wildman–Crippen LogP) is 2.09. The van der Waals surface area contributed by atoms with Gasteiger partial charge in [-0.25, -0.2) is 5.10 Å². The molecule has 1 saturated heterocycles. The van der Waals surface area contributed by atoms with E-state index in [2.05, 4.69) is 20.3 Å². The Labute approximate surface area is 154 Å². The van der Waals surface area contributed by atoms with Crippen LogP contribution in [0.4, 0.5) is 0 Å². The summed E-state index contributed by atoms with van der Waals surface area (Å²) in [6, 6.07) is 7.15. The molecule has 5 rings (SSSR count). The number of hydrogen-bond acceptors (Lipinski definition) is 6. The first-order valence-corrected chi connectivity index (χ1v) is 9.28. The molecule has 1 N–H and O–H groups in total. The lowest BCUT2D eigenvalue weighted by Gasteiger charge is -2.30. The zero-order chi connectivity index (χ0) is 18.4. The van der Waals surface area contributed by atoms with Crippen LogP contribution < -0.4 is 5.56 Å². The molecule has 27 heavy (non-hydrogen) atoms. The number of nitrogens with one attached hydrogen (secondary N) is 1. The summed E-state index contributed by atoms with van der Waals surface area (Å²) in [7, 11) is 0. The van der Waals surface area contributed by atoms with Gasteiger partial charge in [-0.15, -0.1) is 0 Å². The van der Waals surface area contributed by atoms with Gasteiger partial charge < -0.3 is 9.42 Å². The lowest BCUT2D eigenvalue weighted by molar-refractivity contribution is -0.128. The van der Waals surface area contributed by atoms with Gasteiger partial charge in [0.25, 0.3) is 11.4 Å². The average Bonchev–Trinajstić information content (AvgIpc) is 3.26. The lowest BCUT2D eigenvalue weighted by Crippen LogP contribution is -2.33. The molecule has 0 bridgehead atoms. The molecule has 8 heteroatoms. The Morgan fingerprint density at radius 3 is 2.78 bits per heavy atom. The molecule has 3 aromatic rings. The van der Waals surface area contributed by atoms with Gasteiger partial charge in [-0.3, -0.25) is 9.59 Å². The maximum Gasteiger partial charge on any atom is 0.279 e. The van der Waals surface area contributed by atoms with E-state index in [1.807, 2.05) is 11.0 Å². The molecule has 2 aliphatic rings. The fraction of sp³-hybridized carbons (Fsp3) is 0.421. The summed E-state index contributed by atoms with van der Waals surface area (Å²) in [5, 5.41) is 11.8. The van der Waals surface area contributed by atoms with Crippen LogP contribution in [0.5, 0.6) is 0 Å². The Morgan fingerprint density at radius 1 is 1.19 bits per heavy atom. The van der Waals surface area contributed by atoms with Crippen molar-refractivity contribution in [3.8, 4) is 11.6 Å². The molecular formula is C19H19N5O3. The number of nitrogens with zero attached hydrogens (tertiary/aromatic N) is 4. The van der Waals surface area contributed by atoms with Crippen LogP contribution in [0.2, 0.25) is 0 Å². The minimum Gasteiger partial charge on any atom is -0.342 e. The van der Waals surface area contributed by atoms with E-state index in [-0.39, 0.29) is 23.3 Å². The number of benzene rings is 1. The van der Waals surface area contributed by atoms with E-state index in [1.165, 1.54) is 19.3 Å². The van der Waals surface area contributed by atoms with Crippen molar-refractivity contribution in [1.82, 2.24) is 25.2 Å². The Morgan fingerprint density at radius 2 is 2.00 bits per heavy atom. The van der Waals surface area contributed by atoms with Gasteiger partial charge in [0.2, 0.25) is 5.91 Å². The molecule has 1 unspecified atom stereocenters. The normalized spacial score (nSPS) is 20.4. The van der Waals surface area contributed by atoms with Gasteiger partial charge in [-0.1, -0.05) is 29.8 Å². The van der Waals surface area contributed by atoms with Crippen molar-refractivity contribution in [2.24, 2.45) is 5.92 Å². The van der Waals surface area contributed by atoms with E-state index in [0.29, 0.717) is 41.2 Å². The summed E-state index contributed by atoms with van der Waals surface area (Å²) in [5.74, 6) is 1.51. The van der Waals surface area contributed by atoms with Crippen molar-refractivity contribution in [3.05, 3.63) is 40.4 Å². The van der Waals surface area contributed by atoms with E-state index in [1.54, 1.807) is 18.2 Å². The van der Waals surface area contributed by atoms with Crippen molar-refractivity contribution in [1.29, 1.82) is 0 Å². The summed E-state index contributed by atoms with van der Waals surface area (Å²) < 4.78 is 5.42. The van der Waals surface area contributed by atoms with Gasteiger partial charge in [0.1, 0.15) is 0 Å². The Balaban J connectivity index is 1.42. The molecule has 1 amide bonds. The van der Waals surface area contributed by atoms with Crippen LogP contribution in [0.3, 0.4) is 0 Å². The highest BCUT2D eigenvalue weighted by molar-refractivity contribution is 5.91. The Kier molecular flexibility index (Phi) is 3.77. The van der Waals surface area contributed by atoms with Gasteiger partial charge >= 0.3 is 0 Å². The van der Waals surface area contributed by atoms with Crippen molar-refractivity contribution in [2.75, 3.05) is 13.1 Å². The second-order valence-electron chi connectivity index (χ2n) is 7.40. The second kappa shape index (κ2) is 6.29. The number of aromatic amines is 1. The average molecular weight is 365 g/mol. The highest BCUT2D eigenvalue weighted by Crippen LogP contribution is 2.33. The number of carbonyl (C=O) groups excluding carboxylic acids is 1. The van der Waals surface area contributed by atoms with Crippen LogP contribution in [-0.4, -0.2) is 44.2 Å². The summed E-state index contributed by atoms with van der Waals surface area (Å²) in [6.07, 6.45) is 4.10. The Bertz CT molecular complexity index is 1070. The summed E-state index contributed by atoms with van der Waals surface area (Å²) in [6.45, 7) is 1.47. The number of carbonyl (C=O) groups is 1. The number of rotatable bonds is 4. The van der Waals surface area contributed by atoms with Crippen LogP contribution in [-0.2, 0) is 4.79 Å². The number of amides is 1. The molecule has 8 nitrogen and oxygen atoms in total. The highest BCUT2D eigenvalue weighted by atomic mass is 16.5. The highest BCUT2D eigenvalue weighted by Gasteiger charge is 2.35. The maximum absolute atomic E-state index is 12.3. The van der Waals surface area contributed by atoms with Gasteiger partial charge in [0.05, 0.1) is 5.39 Å². The molecule has 3 heterocycles. The van der Waals surface area contributed by atoms with Crippen LogP contribution in [0.1, 0.15) is 37.4 Å². The van der Waals surface area contributed by atoms with Gasteiger partial charge in [-0.05, 0) is 24.8 Å². The van der Waals surface area contributed by atoms with Crippen LogP contribution in [0.25, 0.3) is 22.4 Å². The largest absolute Gasteiger partial charge is 0.342 e. The van der Waals surface area contributed by atoms with E-state index in [9.17, 15) is 9.59 Å². The molecule has 1 saturated carbocycles. The first-order chi connectivity index (χ1) is 13.2. The van der Waals surface area contributed by atoms with Crippen LogP contribution >= 0.6 is 0 Å². The number of fused-ring (bicyclic) bond motifs is 1. The predicted molar refractivity (Wildman–Crippen MR) is 96.9 cm³/mol. The third kappa shape index (κ3) is 2.81. The molecule has 0 spiro atoms. The number of H-pyrrole nitrogens is 1. The minimum absolute atomic E-state index is 0.0656. The van der Waals surface area contributed by atoms with Crippen molar-refractivity contribution in [2.45, 2.75) is 31.6 Å². The van der Waals surface area contributed by atoms with Gasteiger partial charge in [0, 0.05) is 30.8 Å². The van der Waals surface area contributed by atoms with Crippen molar-refractivity contribution >= 4 is 16.7 Å². The monoisotopic (exact) mass is 365 g/mol. The number of hydrogen-bond donors (Lipinski definition) is 1. The molecular weight excluding hydrogens is 346 g/mol. The summed E-state index contributed by atoms with van der Waals surface area (Å²) >= 11 is 0. The standard InChI is InChI=1S/C19H19N5O3/c25-15-8-12(10-24(15)9-11-4-3-5-11)17-20-19(27-23-17)16-13-6-1-2-7-14(13)18(26)22-21-16/h1-2,6-7,11-12H,3-5,8-10H2,(H,22,26). The number of aromatic nitrogens is 4. The molecule has 2 fully saturated rings. The second-order valence-corrected chi connectivity index (χ2v) is 7.40. The molecule has 0 radical (unpaired) electrons. The first kappa shape index (κ1) is 16.2. The molecule has 1 aliphatic carbocycles. The topological polar surface area (TPSA) is 105 Å². The molecule has 138 valence electrons. The van der Waals surface area contributed by atoms with Crippen LogP contribution in [0, 0.1) is 5.92 Å². The zero-order valence-corrected chi connectivity index (χ0v) is 14.7. The Hall–Kier alpha value is -3.03. The summed E-state index contributed by atoms with van der Waals surface area (Å²) in [4.78, 5) is 30.7. The zero-order valence-electron chi connectivity index (χ0n) is 14.7. The van der Waals surface area contributed by atoms with Crippen LogP contribution in [0.15, 0.2) is 33.6 Å². The van der Waals surface area contributed by atoms with Gasteiger partial charge in [-0.2, -0.15) is 10.1 Å². The van der Waals surface area contributed by atoms with Gasteiger partial charge in [0.15, 0.2) is 11.5 Å². The SMILES string of the molecule is O=C1CC(c2noc(-c3n[nH]c(=O)c4ccccc34)n2)CN1CC1CCC1.